The summed E-state index contributed by atoms with van der Waals surface area (Å²) in [4.78, 5) is 11.8. The van der Waals surface area contributed by atoms with Crippen LogP contribution in [0.25, 0.3) is 6.08 Å². The van der Waals surface area contributed by atoms with E-state index in [0.29, 0.717) is 0 Å². The van der Waals surface area contributed by atoms with Crippen molar-refractivity contribution in [3.63, 3.8) is 0 Å². The Bertz CT molecular complexity index is 789. The van der Waals surface area contributed by atoms with Gasteiger partial charge < -0.3 is 0 Å². The highest BCUT2D eigenvalue weighted by Gasteiger charge is 2.15. The lowest BCUT2D eigenvalue weighted by Crippen LogP contribution is -2.28. The fourth-order valence-corrected chi connectivity index (χ4v) is 2.74. The molecule has 0 heterocycles. The van der Waals surface area contributed by atoms with E-state index < -0.39 is 15.9 Å². The van der Waals surface area contributed by atoms with Gasteiger partial charge in [0, 0.05) is 6.08 Å². The largest absolute Gasteiger partial charge is 0.269 e. The molecule has 0 atom stereocenters. The highest BCUT2D eigenvalue weighted by molar-refractivity contribution is 7.90. The van der Waals surface area contributed by atoms with E-state index in [1.165, 1.54) is 18.2 Å². The summed E-state index contributed by atoms with van der Waals surface area (Å²) in [6.45, 7) is 3.83. The standard InChI is InChI=1S/C17H17NO3S/c1-13-3-7-15(8-4-13)9-12-17(19)18-22(20,21)16-10-5-14(2)6-11-16/h3-12H,1-2H3,(H,18,19)/b12-9+. The van der Waals surface area contributed by atoms with E-state index >= 15 is 0 Å². The van der Waals surface area contributed by atoms with Crippen LogP contribution in [0.1, 0.15) is 16.7 Å². The molecule has 2 aromatic rings. The summed E-state index contributed by atoms with van der Waals surface area (Å²) in [5, 5.41) is 0. The molecule has 0 aliphatic carbocycles. The topological polar surface area (TPSA) is 63.2 Å². The first-order valence-corrected chi connectivity index (χ1v) is 8.23. The second-order valence-corrected chi connectivity index (χ2v) is 6.71. The Balaban J connectivity index is 2.07. The van der Waals surface area contributed by atoms with Crippen LogP contribution in [0.4, 0.5) is 0 Å². The molecule has 0 saturated carbocycles. The molecule has 1 N–H and O–H groups in total. The zero-order chi connectivity index (χ0) is 16.2. The molecule has 0 spiro atoms. The number of amides is 1. The predicted octanol–water partition coefficient (Wildman–Crippen LogP) is 2.82. The van der Waals surface area contributed by atoms with Crippen molar-refractivity contribution in [2.45, 2.75) is 18.7 Å². The van der Waals surface area contributed by atoms with E-state index in [4.69, 9.17) is 0 Å². The molecule has 0 unspecified atom stereocenters. The molecule has 0 aliphatic heterocycles. The van der Waals surface area contributed by atoms with E-state index in [9.17, 15) is 13.2 Å². The van der Waals surface area contributed by atoms with E-state index in [1.807, 2.05) is 42.8 Å². The highest BCUT2D eigenvalue weighted by Crippen LogP contribution is 2.10. The fraction of sp³-hybridized carbons (Fsp3) is 0.118. The number of nitrogens with one attached hydrogen (secondary N) is 1. The van der Waals surface area contributed by atoms with Crippen LogP contribution in [0.5, 0.6) is 0 Å². The van der Waals surface area contributed by atoms with Crippen LogP contribution in [0.2, 0.25) is 0 Å². The van der Waals surface area contributed by atoms with Crippen LogP contribution in [-0.4, -0.2) is 14.3 Å². The summed E-state index contributed by atoms with van der Waals surface area (Å²) < 4.78 is 26.1. The Kier molecular flexibility index (Phi) is 4.78. The van der Waals surface area contributed by atoms with Gasteiger partial charge in [-0.15, -0.1) is 0 Å². The molecule has 0 aromatic heterocycles. The molecule has 2 aromatic carbocycles. The van der Waals surface area contributed by atoms with E-state index in [1.54, 1.807) is 18.2 Å². The van der Waals surface area contributed by atoms with Gasteiger partial charge >= 0.3 is 0 Å². The minimum Gasteiger partial charge on any atom is -0.269 e. The van der Waals surface area contributed by atoms with Crippen molar-refractivity contribution in [3.05, 3.63) is 71.3 Å². The minimum absolute atomic E-state index is 0.0650. The summed E-state index contributed by atoms with van der Waals surface area (Å²) in [5.74, 6) is -0.679. The van der Waals surface area contributed by atoms with Crippen molar-refractivity contribution in [2.75, 3.05) is 0 Å². The smallest absolute Gasteiger partial charge is 0.264 e. The molecule has 0 radical (unpaired) electrons. The molecule has 1 amide bonds. The third kappa shape index (κ3) is 4.30. The molecule has 114 valence electrons. The Hall–Kier alpha value is -2.40. The number of carbonyl (C=O) groups excluding carboxylic acids is 1. The van der Waals surface area contributed by atoms with Crippen LogP contribution in [0.15, 0.2) is 59.5 Å². The van der Waals surface area contributed by atoms with Crippen molar-refractivity contribution in [1.82, 2.24) is 4.72 Å². The summed E-state index contributed by atoms with van der Waals surface area (Å²) in [5.41, 5.74) is 2.89. The number of benzene rings is 2. The molecular formula is C17H17NO3S. The third-order valence-corrected chi connectivity index (χ3v) is 4.43. The van der Waals surface area contributed by atoms with Crippen molar-refractivity contribution in [1.29, 1.82) is 0 Å². The maximum absolute atomic E-state index is 12.0. The lowest BCUT2D eigenvalue weighted by Gasteiger charge is -2.05. The number of hydrogen-bond acceptors (Lipinski definition) is 3. The van der Waals surface area contributed by atoms with Crippen molar-refractivity contribution < 1.29 is 13.2 Å². The molecule has 4 nitrogen and oxygen atoms in total. The van der Waals surface area contributed by atoms with Gasteiger partial charge in [0.1, 0.15) is 0 Å². The molecule has 2 rings (SSSR count). The second kappa shape index (κ2) is 6.58. The van der Waals surface area contributed by atoms with E-state index in [-0.39, 0.29) is 4.90 Å². The normalized spacial score (nSPS) is 11.5. The third-order valence-electron chi connectivity index (χ3n) is 3.07. The molecule has 0 fully saturated rings. The van der Waals surface area contributed by atoms with Gasteiger partial charge in [-0.05, 0) is 37.6 Å². The van der Waals surface area contributed by atoms with Gasteiger partial charge in [-0.2, -0.15) is 0 Å². The number of rotatable bonds is 4. The van der Waals surface area contributed by atoms with E-state index in [0.717, 1.165) is 16.7 Å². The Morgan fingerprint density at radius 3 is 1.95 bits per heavy atom. The average molecular weight is 315 g/mol. The molecule has 22 heavy (non-hydrogen) atoms. The van der Waals surface area contributed by atoms with Crippen LogP contribution in [0.3, 0.4) is 0 Å². The van der Waals surface area contributed by atoms with Crippen molar-refractivity contribution in [3.8, 4) is 0 Å². The van der Waals surface area contributed by atoms with Crippen LogP contribution < -0.4 is 4.72 Å². The lowest BCUT2D eigenvalue weighted by molar-refractivity contribution is -0.114. The number of carbonyl (C=O) groups is 1. The molecular weight excluding hydrogens is 298 g/mol. The zero-order valence-electron chi connectivity index (χ0n) is 12.4. The summed E-state index contributed by atoms with van der Waals surface area (Å²) in [7, 11) is -3.84. The molecule has 5 heteroatoms. The molecule has 0 aliphatic rings. The highest BCUT2D eigenvalue weighted by atomic mass is 32.2. The Labute approximate surface area is 130 Å². The molecule has 0 saturated heterocycles. The fourth-order valence-electron chi connectivity index (χ4n) is 1.79. The monoisotopic (exact) mass is 315 g/mol. The minimum atomic E-state index is -3.84. The Morgan fingerprint density at radius 2 is 1.41 bits per heavy atom. The summed E-state index contributed by atoms with van der Waals surface area (Å²) in [6, 6.07) is 13.8. The van der Waals surface area contributed by atoms with Gasteiger partial charge in [-0.3, -0.25) is 4.79 Å². The quantitative estimate of drug-likeness (QED) is 0.883. The number of hydrogen-bond donors (Lipinski definition) is 1. The van der Waals surface area contributed by atoms with Gasteiger partial charge in [0.05, 0.1) is 4.90 Å². The lowest BCUT2D eigenvalue weighted by atomic mass is 10.1. The van der Waals surface area contributed by atoms with Gasteiger partial charge in [0.15, 0.2) is 0 Å². The maximum Gasteiger partial charge on any atom is 0.264 e. The first-order valence-electron chi connectivity index (χ1n) is 6.75. The first-order chi connectivity index (χ1) is 10.4. The number of aryl methyl sites for hydroxylation is 2. The zero-order valence-corrected chi connectivity index (χ0v) is 13.2. The first kappa shape index (κ1) is 16.0. The Morgan fingerprint density at radius 1 is 0.909 bits per heavy atom. The summed E-state index contributed by atoms with van der Waals surface area (Å²) >= 11 is 0. The van der Waals surface area contributed by atoms with E-state index in [2.05, 4.69) is 0 Å². The van der Waals surface area contributed by atoms with Crippen LogP contribution in [-0.2, 0) is 14.8 Å². The van der Waals surface area contributed by atoms with Crippen molar-refractivity contribution >= 4 is 22.0 Å². The second-order valence-electron chi connectivity index (χ2n) is 5.03. The SMILES string of the molecule is Cc1ccc(/C=C/C(=O)NS(=O)(=O)c2ccc(C)cc2)cc1. The van der Waals surface area contributed by atoms with Gasteiger partial charge in [0.2, 0.25) is 0 Å². The van der Waals surface area contributed by atoms with Crippen LogP contribution >= 0.6 is 0 Å². The van der Waals surface area contributed by atoms with Crippen molar-refractivity contribution in [2.24, 2.45) is 0 Å². The van der Waals surface area contributed by atoms with Crippen LogP contribution in [0, 0.1) is 13.8 Å². The predicted molar refractivity (Wildman–Crippen MR) is 86.7 cm³/mol. The average Bonchev–Trinajstić information content (AvgIpc) is 2.46. The number of sulfonamides is 1. The molecule has 0 bridgehead atoms. The summed E-state index contributed by atoms with van der Waals surface area (Å²) in [6.07, 6.45) is 2.77. The van der Waals surface area contributed by atoms with Gasteiger partial charge in [0.25, 0.3) is 15.9 Å². The van der Waals surface area contributed by atoms with Gasteiger partial charge in [-0.1, -0.05) is 47.5 Å². The maximum atomic E-state index is 12.0. The van der Waals surface area contributed by atoms with Gasteiger partial charge in [-0.25, -0.2) is 13.1 Å².